The summed E-state index contributed by atoms with van der Waals surface area (Å²) >= 11 is 0. The van der Waals surface area contributed by atoms with E-state index in [0.29, 0.717) is 11.9 Å². The van der Waals surface area contributed by atoms with E-state index in [-0.39, 0.29) is 0 Å². The summed E-state index contributed by atoms with van der Waals surface area (Å²) in [4.78, 5) is 20.8. The van der Waals surface area contributed by atoms with Gasteiger partial charge in [-0.05, 0) is 143 Å². The van der Waals surface area contributed by atoms with E-state index in [2.05, 4.69) is 382 Å². The molecule has 21 rings (SSSR count). The van der Waals surface area contributed by atoms with Crippen molar-refractivity contribution in [1.29, 1.82) is 0 Å². The topological polar surface area (TPSA) is 71.3 Å². The number of benzene rings is 15. The highest BCUT2D eigenvalue weighted by Gasteiger charge is 2.22. The van der Waals surface area contributed by atoms with Gasteiger partial charge in [-0.1, -0.05) is 279 Å². The molecule has 0 atom stereocenters. The minimum atomic E-state index is 0.648. The molecule has 0 aliphatic rings. The van der Waals surface area contributed by atoms with Gasteiger partial charge in [0.15, 0.2) is 0 Å². The minimum Gasteiger partial charge on any atom is -0.309 e. The molecule has 6 heterocycles. The smallest absolute Gasteiger partial charge is 0.235 e. The average Bonchev–Trinajstić information content (AvgIpc) is 1.59. The standard InChI is InChI=1S/C52H34N4.C46H30N4/c1-4-14-35(15-5-1)36-24-28-41(29-25-36)55-48-22-12-10-20-42(48)44-32-39(26-30-50(44)55)40-27-31-51-45(33-40)43-21-11-13-23-49(43)56(51)52-53-46(37-16-6-2-7-17-37)34-47(54-52)38-18-8-3-9-19-38;1-4-14-31(15-5-1)40-30-41(32-16-6-2-7-17-32)48-46(47-40)50-43-23-13-11-21-37(43)39-29-34(25-27-45(39)50)33-24-26-44-38(28-33)36-20-10-12-22-42(36)49(44)35-18-8-3-9-19-35/h1-34H;1-30H. The zero-order chi connectivity index (χ0) is 70.0. The van der Waals surface area contributed by atoms with Crippen LogP contribution in [-0.2, 0) is 0 Å². The molecule has 0 radical (unpaired) electrons. The fourth-order valence-electron chi connectivity index (χ4n) is 15.7. The molecule has 8 heteroatoms. The average molecular weight is 1350 g/mol. The van der Waals surface area contributed by atoms with E-state index < -0.39 is 0 Å². The molecule has 0 saturated heterocycles. The van der Waals surface area contributed by atoms with Crippen LogP contribution in [0, 0.1) is 0 Å². The van der Waals surface area contributed by atoms with E-state index >= 15 is 0 Å². The third-order valence-corrected chi connectivity index (χ3v) is 20.7. The number of para-hydroxylation sites is 5. The van der Waals surface area contributed by atoms with Crippen molar-refractivity contribution in [2.45, 2.75) is 0 Å². The Kier molecular flexibility index (Phi) is 15.0. The van der Waals surface area contributed by atoms with Gasteiger partial charge in [-0.2, -0.15) is 0 Å². The second-order valence-electron chi connectivity index (χ2n) is 26.9. The molecule has 21 aromatic rings. The van der Waals surface area contributed by atoms with Crippen LogP contribution < -0.4 is 0 Å². The number of fused-ring (bicyclic) bond motifs is 12. The van der Waals surface area contributed by atoms with E-state index in [0.717, 1.165) is 94.8 Å². The van der Waals surface area contributed by atoms with Crippen molar-refractivity contribution < 1.29 is 0 Å². The maximum atomic E-state index is 5.21. The Bertz CT molecular complexity index is 6790. The van der Waals surface area contributed by atoms with Crippen LogP contribution in [0.15, 0.2) is 388 Å². The Labute approximate surface area is 611 Å². The van der Waals surface area contributed by atoms with Gasteiger partial charge in [0, 0.05) is 76.7 Å². The van der Waals surface area contributed by atoms with Gasteiger partial charge in [0.1, 0.15) is 0 Å². The predicted octanol–water partition coefficient (Wildman–Crippen LogP) is 25.0. The molecule has 0 saturated carbocycles. The molecule has 0 aliphatic heterocycles. The van der Waals surface area contributed by atoms with Gasteiger partial charge >= 0.3 is 0 Å². The van der Waals surface area contributed by atoms with Crippen LogP contribution in [0.1, 0.15) is 0 Å². The quantitative estimate of drug-likeness (QED) is 0.129. The molecule has 0 N–H and O–H groups in total. The van der Waals surface area contributed by atoms with Crippen molar-refractivity contribution in [1.82, 2.24) is 38.2 Å². The summed E-state index contributed by atoms with van der Waals surface area (Å²) < 4.78 is 9.17. The van der Waals surface area contributed by atoms with E-state index in [1.165, 1.54) is 82.2 Å². The Morgan fingerprint density at radius 1 is 0.142 bits per heavy atom. The molecule has 0 amide bonds. The number of hydrogen-bond donors (Lipinski definition) is 0. The van der Waals surface area contributed by atoms with E-state index in [9.17, 15) is 0 Å². The molecule has 0 spiro atoms. The molecular weight excluding hydrogens is 1290 g/mol. The van der Waals surface area contributed by atoms with Crippen LogP contribution in [0.25, 0.3) is 189 Å². The highest BCUT2D eigenvalue weighted by Crippen LogP contribution is 2.42. The molecular formula is C98H64N8. The molecule has 106 heavy (non-hydrogen) atoms. The SMILES string of the molecule is c1ccc(-c2cc(-c3ccccc3)nc(-n3c4ccccc4c4cc(-c5ccc6c(c5)c5ccccc5n6-c5ccccc5)ccc43)n2)cc1.c1ccc(-c2ccc(-n3c4ccccc4c4cc(-c5ccc6c(c5)c5ccccc5n6-c5nc(-c6ccccc6)cc(-c6ccccc6)n5)ccc43)cc2)cc1. The lowest BCUT2D eigenvalue weighted by atomic mass is 10.0. The monoisotopic (exact) mass is 1350 g/mol. The van der Waals surface area contributed by atoms with Gasteiger partial charge in [-0.25, -0.2) is 19.9 Å². The molecule has 0 fully saturated rings. The summed E-state index contributed by atoms with van der Waals surface area (Å²) in [6.45, 7) is 0. The van der Waals surface area contributed by atoms with Crippen molar-refractivity contribution in [3.63, 3.8) is 0 Å². The van der Waals surface area contributed by atoms with Gasteiger partial charge in [0.05, 0.1) is 66.9 Å². The molecule has 0 aliphatic carbocycles. The maximum absolute atomic E-state index is 5.21. The van der Waals surface area contributed by atoms with E-state index in [1.807, 2.05) is 24.3 Å². The summed E-state index contributed by atoms with van der Waals surface area (Å²) in [6.07, 6.45) is 0. The van der Waals surface area contributed by atoms with E-state index in [1.54, 1.807) is 0 Å². The highest BCUT2D eigenvalue weighted by atomic mass is 15.2. The van der Waals surface area contributed by atoms with E-state index in [4.69, 9.17) is 19.9 Å². The molecule has 15 aromatic carbocycles. The highest BCUT2D eigenvalue weighted by molar-refractivity contribution is 6.15. The summed E-state index contributed by atoms with van der Waals surface area (Å²) in [5, 5.41) is 9.61. The van der Waals surface area contributed by atoms with Crippen molar-refractivity contribution in [3.8, 4) is 102 Å². The summed E-state index contributed by atoms with van der Waals surface area (Å²) in [7, 11) is 0. The fourth-order valence-corrected chi connectivity index (χ4v) is 15.7. The van der Waals surface area contributed by atoms with Crippen LogP contribution in [0.3, 0.4) is 0 Å². The second-order valence-corrected chi connectivity index (χ2v) is 26.9. The summed E-state index contributed by atoms with van der Waals surface area (Å²) in [6, 6.07) is 138. The Morgan fingerprint density at radius 3 is 0.670 bits per heavy atom. The number of hydrogen-bond acceptors (Lipinski definition) is 4. The van der Waals surface area contributed by atoms with Crippen molar-refractivity contribution in [3.05, 3.63) is 388 Å². The largest absolute Gasteiger partial charge is 0.309 e. The molecule has 0 bridgehead atoms. The first-order chi connectivity index (χ1) is 52.6. The molecule has 0 unspecified atom stereocenters. The zero-order valence-corrected chi connectivity index (χ0v) is 57.5. The Morgan fingerprint density at radius 2 is 0.358 bits per heavy atom. The Hall–Kier alpha value is -14.3. The van der Waals surface area contributed by atoms with Crippen LogP contribution in [0.4, 0.5) is 0 Å². The number of nitrogens with zero attached hydrogens (tertiary/aromatic N) is 8. The normalized spacial score (nSPS) is 11.6. The van der Waals surface area contributed by atoms with Crippen LogP contribution in [0.5, 0.6) is 0 Å². The lowest BCUT2D eigenvalue weighted by Crippen LogP contribution is -2.03. The first kappa shape index (κ1) is 61.5. The first-order valence-electron chi connectivity index (χ1n) is 35.9. The third kappa shape index (κ3) is 10.8. The number of aromatic nitrogens is 8. The maximum Gasteiger partial charge on any atom is 0.235 e. The van der Waals surface area contributed by atoms with Gasteiger partial charge < -0.3 is 9.13 Å². The lowest BCUT2D eigenvalue weighted by molar-refractivity contribution is 0.995. The number of rotatable bonds is 11. The van der Waals surface area contributed by atoms with Gasteiger partial charge in [0.2, 0.25) is 11.9 Å². The fraction of sp³-hybridized carbons (Fsp3) is 0. The zero-order valence-electron chi connectivity index (χ0n) is 57.5. The van der Waals surface area contributed by atoms with Gasteiger partial charge in [-0.3, -0.25) is 9.13 Å². The minimum absolute atomic E-state index is 0.648. The summed E-state index contributed by atoms with van der Waals surface area (Å²) in [5.41, 5.74) is 26.2. The predicted molar refractivity (Wildman–Crippen MR) is 439 cm³/mol. The lowest BCUT2D eigenvalue weighted by Gasteiger charge is -2.12. The second kappa shape index (κ2) is 25.9. The molecule has 496 valence electrons. The Balaban J connectivity index is 0.000000141. The third-order valence-electron chi connectivity index (χ3n) is 20.7. The molecule has 6 aromatic heterocycles. The van der Waals surface area contributed by atoms with Crippen molar-refractivity contribution in [2.75, 3.05) is 0 Å². The van der Waals surface area contributed by atoms with Crippen molar-refractivity contribution >= 4 is 87.2 Å². The summed E-state index contributed by atoms with van der Waals surface area (Å²) in [5.74, 6) is 1.30. The van der Waals surface area contributed by atoms with Crippen molar-refractivity contribution in [2.24, 2.45) is 0 Å². The van der Waals surface area contributed by atoms with Crippen LogP contribution >= 0.6 is 0 Å². The van der Waals surface area contributed by atoms with Gasteiger partial charge in [-0.15, -0.1) is 0 Å². The molecule has 8 nitrogen and oxygen atoms in total. The van der Waals surface area contributed by atoms with Crippen LogP contribution in [0.2, 0.25) is 0 Å². The first-order valence-corrected chi connectivity index (χ1v) is 35.9. The van der Waals surface area contributed by atoms with Gasteiger partial charge in [0.25, 0.3) is 0 Å². The van der Waals surface area contributed by atoms with Crippen LogP contribution in [-0.4, -0.2) is 38.2 Å².